The Morgan fingerprint density at radius 1 is 1.18 bits per heavy atom. The van der Waals surface area contributed by atoms with E-state index in [1.807, 2.05) is 24.4 Å². The Morgan fingerprint density at radius 3 is 2.73 bits per heavy atom. The SMILES string of the molecule is O=C(NC1CCC1)C1CCn2c(cnc2-c2ccccc2)C1. The molecule has 4 heteroatoms. The maximum atomic E-state index is 12.3. The first-order valence-electron chi connectivity index (χ1n) is 8.21. The molecule has 1 fully saturated rings. The standard InChI is InChI=1S/C18H21N3O/c22-18(20-15-7-4-8-15)14-9-10-21-16(11-14)12-19-17(21)13-5-2-1-3-6-13/h1-3,5-6,12,14-15H,4,7-11H2,(H,20,22). The predicted octanol–water partition coefficient (Wildman–Crippen LogP) is 2.78. The normalized spacial score (nSPS) is 21.0. The number of nitrogens with one attached hydrogen (secondary N) is 1. The number of aromatic nitrogens is 2. The van der Waals surface area contributed by atoms with Gasteiger partial charge in [0.05, 0.1) is 0 Å². The quantitative estimate of drug-likeness (QED) is 0.946. The topological polar surface area (TPSA) is 46.9 Å². The summed E-state index contributed by atoms with van der Waals surface area (Å²) in [5.41, 5.74) is 2.32. The lowest BCUT2D eigenvalue weighted by Crippen LogP contribution is -2.44. The fourth-order valence-corrected chi connectivity index (χ4v) is 3.38. The smallest absolute Gasteiger partial charge is 0.223 e. The van der Waals surface area contributed by atoms with E-state index >= 15 is 0 Å². The first-order chi connectivity index (χ1) is 10.8. The average molecular weight is 295 g/mol. The fraction of sp³-hybridized carbons (Fsp3) is 0.444. The van der Waals surface area contributed by atoms with Gasteiger partial charge in [0.1, 0.15) is 5.82 Å². The third-order valence-electron chi connectivity index (χ3n) is 4.95. The van der Waals surface area contributed by atoms with Gasteiger partial charge in [-0.15, -0.1) is 0 Å². The number of carbonyl (C=O) groups is 1. The van der Waals surface area contributed by atoms with Gasteiger partial charge in [0.15, 0.2) is 0 Å². The van der Waals surface area contributed by atoms with Crippen LogP contribution in [-0.2, 0) is 17.8 Å². The van der Waals surface area contributed by atoms with Gasteiger partial charge in [0, 0.05) is 42.4 Å². The summed E-state index contributed by atoms with van der Waals surface area (Å²) in [5, 5.41) is 3.19. The fourth-order valence-electron chi connectivity index (χ4n) is 3.38. The van der Waals surface area contributed by atoms with Crippen molar-refractivity contribution in [2.45, 2.75) is 44.7 Å². The van der Waals surface area contributed by atoms with Crippen molar-refractivity contribution in [2.24, 2.45) is 5.92 Å². The van der Waals surface area contributed by atoms with Gasteiger partial charge in [-0.05, 0) is 25.7 Å². The third kappa shape index (κ3) is 2.43. The zero-order valence-electron chi connectivity index (χ0n) is 12.7. The molecule has 1 aromatic carbocycles. The molecule has 2 aliphatic rings. The van der Waals surface area contributed by atoms with Gasteiger partial charge in [-0.3, -0.25) is 4.79 Å². The molecule has 1 amide bonds. The van der Waals surface area contributed by atoms with Crippen LogP contribution >= 0.6 is 0 Å². The average Bonchev–Trinajstić information content (AvgIpc) is 2.94. The highest BCUT2D eigenvalue weighted by molar-refractivity contribution is 5.79. The maximum Gasteiger partial charge on any atom is 0.223 e. The second-order valence-corrected chi connectivity index (χ2v) is 6.42. The second-order valence-electron chi connectivity index (χ2n) is 6.42. The molecular weight excluding hydrogens is 274 g/mol. The Balaban J connectivity index is 1.50. The largest absolute Gasteiger partial charge is 0.353 e. The van der Waals surface area contributed by atoms with Crippen LogP contribution in [0.3, 0.4) is 0 Å². The highest BCUT2D eigenvalue weighted by Gasteiger charge is 2.29. The number of hydrogen-bond acceptors (Lipinski definition) is 2. The van der Waals surface area contributed by atoms with Crippen molar-refractivity contribution >= 4 is 5.91 Å². The number of amides is 1. The van der Waals surface area contributed by atoms with E-state index in [4.69, 9.17) is 0 Å². The van der Waals surface area contributed by atoms with Crippen LogP contribution in [0.5, 0.6) is 0 Å². The molecule has 2 aromatic rings. The summed E-state index contributed by atoms with van der Waals surface area (Å²) in [5.74, 6) is 1.36. The summed E-state index contributed by atoms with van der Waals surface area (Å²) in [7, 11) is 0. The molecule has 1 atom stereocenters. The van der Waals surface area contributed by atoms with E-state index in [0.717, 1.165) is 43.6 Å². The third-order valence-corrected chi connectivity index (χ3v) is 4.95. The molecule has 4 nitrogen and oxygen atoms in total. The molecule has 1 N–H and O–H groups in total. The minimum absolute atomic E-state index is 0.105. The number of nitrogens with zero attached hydrogens (tertiary/aromatic N) is 2. The van der Waals surface area contributed by atoms with Gasteiger partial charge < -0.3 is 9.88 Å². The van der Waals surface area contributed by atoms with E-state index in [2.05, 4.69) is 27.0 Å². The second kappa shape index (κ2) is 5.59. The van der Waals surface area contributed by atoms with Crippen LogP contribution in [0.25, 0.3) is 11.4 Å². The Kier molecular flexibility index (Phi) is 3.45. The van der Waals surface area contributed by atoms with Gasteiger partial charge in [-0.1, -0.05) is 30.3 Å². The number of rotatable bonds is 3. The zero-order chi connectivity index (χ0) is 14.9. The van der Waals surface area contributed by atoms with Crippen molar-refractivity contribution < 1.29 is 4.79 Å². The molecule has 2 heterocycles. The molecule has 22 heavy (non-hydrogen) atoms. The molecule has 1 unspecified atom stereocenters. The highest BCUT2D eigenvalue weighted by atomic mass is 16.1. The number of carbonyl (C=O) groups excluding carboxylic acids is 1. The molecule has 0 radical (unpaired) electrons. The molecule has 1 aliphatic heterocycles. The summed E-state index contributed by atoms with van der Waals surface area (Å²) in [4.78, 5) is 16.9. The Hall–Kier alpha value is -2.10. The van der Waals surface area contributed by atoms with Crippen molar-refractivity contribution in [3.05, 3.63) is 42.2 Å². The predicted molar refractivity (Wildman–Crippen MR) is 85.3 cm³/mol. The molecule has 1 aliphatic carbocycles. The summed E-state index contributed by atoms with van der Waals surface area (Å²) < 4.78 is 2.27. The van der Waals surface area contributed by atoms with E-state index in [9.17, 15) is 4.79 Å². The number of fused-ring (bicyclic) bond motifs is 1. The van der Waals surface area contributed by atoms with Crippen LogP contribution in [0.1, 0.15) is 31.4 Å². The van der Waals surface area contributed by atoms with Gasteiger partial charge in [0.2, 0.25) is 5.91 Å². The van der Waals surface area contributed by atoms with Crippen molar-refractivity contribution in [1.29, 1.82) is 0 Å². The first-order valence-corrected chi connectivity index (χ1v) is 8.21. The van der Waals surface area contributed by atoms with E-state index in [1.165, 1.54) is 12.1 Å². The summed E-state index contributed by atoms with van der Waals surface area (Å²) in [6.07, 6.45) is 7.19. The molecule has 0 bridgehead atoms. The summed E-state index contributed by atoms with van der Waals surface area (Å²) >= 11 is 0. The van der Waals surface area contributed by atoms with Crippen molar-refractivity contribution in [1.82, 2.24) is 14.9 Å². The maximum absolute atomic E-state index is 12.3. The Bertz CT molecular complexity index is 673. The number of hydrogen-bond donors (Lipinski definition) is 1. The molecule has 0 saturated heterocycles. The summed E-state index contributed by atoms with van der Waals surface area (Å²) in [6, 6.07) is 10.7. The van der Waals surface area contributed by atoms with E-state index < -0.39 is 0 Å². The van der Waals surface area contributed by atoms with Crippen LogP contribution in [0.4, 0.5) is 0 Å². The van der Waals surface area contributed by atoms with Crippen LogP contribution in [0.15, 0.2) is 36.5 Å². The molecular formula is C18H21N3O. The van der Waals surface area contributed by atoms with Gasteiger partial charge in [-0.2, -0.15) is 0 Å². The molecule has 4 rings (SSSR count). The Labute approximate surface area is 130 Å². The van der Waals surface area contributed by atoms with Gasteiger partial charge in [0.25, 0.3) is 0 Å². The minimum Gasteiger partial charge on any atom is -0.353 e. The lowest BCUT2D eigenvalue weighted by atomic mass is 9.90. The van der Waals surface area contributed by atoms with Gasteiger partial charge in [-0.25, -0.2) is 4.98 Å². The number of benzene rings is 1. The Morgan fingerprint density at radius 2 is 2.00 bits per heavy atom. The zero-order valence-corrected chi connectivity index (χ0v) is 12.7. The highest BCUT2D eigenvalue weighted by Crippen LogP contribution is 2.28. The minimum atomic E-state index is 0.105. The van der Waals surface area contributed by atoms with E-state index in [-0.39, 0.29) is 11.8 Å². The summed E-state index contributed by atoms with van der Waals surface area (Å²) in [6.45, 7) is 0.877. The molecule has 114 valence electrons. The molecule has 0 spiro atoms. The van der Waals surface area contributed by atoms with Crippen molar-refractivity contribution in [2.75, 3.05) is 0 Å². The molecule has 1 saturated carbocycles. The van der Waals surface area contributed by atoms with Crippen LogP contribution in [0.2, 0.25) is 0 Å². The van der Waals surface area contributed by atoms with Crippen molar-refractivity contribution in [3.63, 3.8) is 0 Å². The van der Waals surface area contributed by atoms with Crippen LogP contribution in [-0.4, -0.2) is 21.5 Å². The first kappa shape index (κ1) is 13.6. The van der Waals surface area contributed by atoms with Crippen LogP contribution < -0.4 is 5.32 Å². The molecule has 1 aromatic heterocycles. The monoisotopic (exact) mass is 295 g/mol. The van der Waals surface area contributed by atoms with Crippen molar-refractivity contribution in [3.8, 4) is 11.4 Å². The lowest BCUT2D eigenvalue weighted by Gasteiger charge is -2.30. The van der Waals surface area contributed by atoms with E-state index in [0.29, 0.717) is 6.04 Å². The van der Waals surface area contributed by atoms with Gasteiger partial charge >= 0.3 is 0 Å². The number of imidazole rings is 1. The van der Waals surface area contributed by atoms with Crippen LogP contribution in [0, 0.1) is 5.92 Å². The van der Waals surface area contributed by atoms with E-state index in [1.54, 1.807) is 0 Å². The lowest BCUT2D eigenvalue weighted by molar-refractivity contribution is -0.126.